The van der Waals surface area contributed by atoms with Gasteiger partial charge in [-0.3, -0.25) is 14.4 Å². The van der Waals surface area contributed by atoms with E-state index in [4.69, 9.17) is 4.74 Å². The summed E-state index contributed by atoms with van der Waals surface area (Å²) in [5, 5.41) is 11.8. The number of thioether (sulfide) groups is 1. The zero-order chi connectivity index (χ0) is 20.0. The summed E-state index contributed by atoms with van der Waals surface area (Å²) in [7, 11) is 0. The third-order valence-electron chi connectivity index (χ3n) is 4.28. The van der Waals surface area contributed by atoms with Crippen LogP contribution in [0.3, 0.4) is 0 Å². The quantitative estimate of drug-likeness (QED) is 0.625. The molecule has 1 aromatic carbocycles. The first kappa shape index (κ1) is 21.2. The first-order valence-electron chi connectivity index (χ1n) is 9.04. The van der Waals surface area contributed by atoms with E-state index < -0.39 is 11.9 Å². The Bertz CT molecular complexity index is 709. The number of amides is 2. The van der Waals surface area contributed by atoms with Gasteiger partial charge in [0.05, 0.1) is 16.9 Å². The number of carboxylic acid groups (broad SMARTS) is 1. The molecule has 1 aliphatic heterocycles. The number of nitrogens with one attached hydrogen (secondary N) is 1. The molecule has 148 valence electrons. The molecule has 2 atom stereocenters. The number of carbonyl (C=O) groups excluding carboxylic acids is 2. The van der Waals surface area contributed by atoms with Crippen LogP contribution in [-0.2, 0) is 14.3 Å². The number of carbonyl (C=O) groups is 3. The van der Waals surface area contributed by atoms with Gasteiger partial charge in [0.2, 0.25) is 5.91 Å². The van der Waals surface area contributed by atoms with Crippen molar-refractivity contribution in [2.24, 2.45) is 5.92 Å². The van der Waals surface area contributed by atoms with Gasteiger partial charge in [-0.1, -0.05) is 6.92 Å². The number of hydrogen-bond donors (Lipinski definition) is 2. The number of aliphatic carboxylic acids is 1. The van der Waals surface area contributed by atoms with Crippen LogP contribution in [0.4, 0.5) is 5.69 Å². The average molecular weight is 394 g/mol. The van der Waals surface area contributed by atoms with Crippen molar-refractivity contribution in [1.82, 2.24) is 4.90 Å². The van der Waals surface area contributed by atoms with Crippen LogP contribution in [0.2, 0.25) is 0 Å². The molecular weight excluding hydrogens is 368 g/mol. The number of rotatable bonds is 9. The number of benzene rings is 1. The molecular formula is C19H26N2O5S. The summed E-state index contributed by atoms with van der Waals surface area (Å²) >= 11 is 1.45. The van der Waals surface area contributed by atoms with E-state index in [-0.39, 0.29) is 23.6 Å². The van der Waals surface area contributed by atoms with Gasteiger partial charge >= 0.3 is 5.97 Å². The van der Waals surface area contributed by atoms with Gasteiger partial charge in [-0.15, -0.1) is 11.8 Å². The molecule has 0 aromatic heterocycles. The highest BCUT2D eigenvalue weighted by Crippen LogP contribution is 2.36. The zero-order valence-electron chi connectivity index (χ0n) is 15.9. The van der Waals surface area contributed by atoms with E-state index in [0.717, 1.165) is 4.90 Å². The van der Waals surface area contributed by atoms with Crippen LogP contribution in [0, 0.1) is 5.92 Å². The topological polar surface area (TPSA) is 95.9 Å². The van der Waals surface area contributed by atoms with Crippen molar-refractivity contribution in [1.29, 1.82) is 0 Å². The maximum atomic E-state index is 13.0. The molecule has 0 bridgehead atoms. The molecule has 1 heterocycles. The first-order chi connectivity index (χ1) is 12.8. The van der Waals surface area contributed by atoms with E-state index in [9.17, 15) is 19.5 Å². The minimum Gasteiger partial charge on any atom is -0.481 e. The Hall–Kier alpha value is -2.06. The summed E-state index contributed by atoms with van der Waals surface area (Å²) in [6, 6.07) is 5.21. The van der Waals surface area contributed by atoms with Gasteiger partial charge < -0.3 is 20.1 Å². The lowest BCUT2D eigenvalue weighted by atomic mass is 10.1. The van der Waals surface area contributed by atoms with E-state index in [1.165, 1.54) is 11.8 Å². The van der Waals surface area contributed by atoms with Crippen LogP contribution in [-0.4, -0.2) is 59.3 Å². The van der Waals surface area contributed by atoms with E-state index in [0.29, 0.717) is 37.4 Å². The monoisotopic (exact) mass is 394 g/mol. The van der Waals surface area contributed by atoms with Gasteiger partial charge in [0, 0.05) is 36.8 Å². The Morgan fingerprint density at radius 2 is 2.15 bits per heavy atom. The van der Waals surface area contributed by atoms with Gasteiger partial charge in [0.25, 0.3) is 5.91 Å². The van der Waals surface area contributed by atoms with Crippen LogP contribution < -0.4 is 5.32 Å². The number of hydrogen-bond acceptors (Lipinski definition) is 5. The van der Waals surface area contributed by atoms with Crippen molar-refractivity contribution in [3.8, 4) is 0 Å². The second-order valence-electron chi connectivity index (χ2n) is 6.50. The van der Waals surface area contributed by atoms with Crippen molar-refractivity contribution in [2.75, 3.05) is 31.6 Å². The largest absolute Gasteiger partial charge is 0.481 e. The molecule has 0 aliphatic carbocycles. The van der Waals surface area contributed by atoms with Crippen LogP contribution in [0.15, 0.2) is 23.1 Å². The van der Waals surface area contributed by atoms with Gasteiger partial charge in [-0.05, 0) is 38.5 Å². The molecule has 8 heteroatoms. The molecule has 2 amide bonds. The summed E-state index contributed by atoms with van der Waals surface area (Å²) < 4.78 is 5.31. The molecule has 0 spiro atoms. The molecule has 0 saturated heterocycles. The maximum absolute atomic E-state index is 13.0. The fourth-order valence-electron chi connectivity index (χ4n) is 2.71. The molecule has 0 saturated carbocycles. The molecule has 27 heavy (non-hydrogen) atoms. The summed E-state index contributed by atoms with van der Waals surface area (Å²) in [5.41, 5.74) is 1.05. The minimum atomic E-state index is -0.944. The Balaban J connectivity index is 2.16. The smallest absolute Gasteiger partial charge is 0.308 e. The molecule has 1 aromatic rings. The highest BCUT2D eigenvalue weighted by atomic mass is 32.2. The van der Waals surface area contributed by atoms with E-state index in [1.54, 1.807) is 24.0 Å². The lowest BCUT2D eigenvalue weighted by Gasteiger charge is -2.26. The van der Waals surface area contributed by atoms with Crippen LogP contribution in [0.1, 0.15) is 37.6 Å². The van der Waals surface area contributed by atoms with E-state index in [2.05, 4.69) is 5.32 Å². The van der Waals surface area contributed by atoms with Crippen LogP contribution >= 0.6 is 11.8 Å². The number of anilines is 1. The van der Waals surface area contributed by atoms with Gasteiger partial charge in [0.1, 0.15) is 0 Å². The highest BCUT2D eigenvalue weighted by Gasteiger charge is 2.26. The standard InChI is InChI=1S/C19H26N2O5S/c1-4-26-9-5-8-21(11-12(2)19(24)25)18(23)14-6-7-16-15(10-14)20-17(22)13(3)27-16/h6-7,10,12-13H,4-5,8-9,11H2,1-3H3,(H,20,22)(H,24,25). The van der Waals surface area contributed by atoms with Crippen molar-refractivity contribution in [2.45, 2.75) is 37.3 Å². The Morgan fingerprint density at radius 1 is 1.41 bits per heavy atom. The zero-order valence-corrected chi connectivity index (χ0v) is 16.7. The second-order valence-corrected chi connectivity index (χ2v) is 7.88. The number of nitrogens with zero attached hydrogens (tertiary/aromatic N) is 1. The van der Waals surface area contributed by atoms with Crippen molar-refractivity contribution < 1.29 is 24.2 Å². The van der Waals surface area contributed by atoms with Crippen molar-refractivity contribution in [3.63, 3.8) is 0 Å². The van der Waals surface area contributed by atoms with Crippen molar-refractivity contribution in [3.05, 3.63) is 23.8 Å². The van der Waals surface area contributed by atoms with Gasteiger partial charge in [-0.2, -0.15) is 0 Å². The molecule has 0 fully saturated rings. The predicted octanol–water partition coefficient (Wildman–Crippen LogP) is 2.71. The minimum absolute atomic E-state index is 0.0924. The summed E-state index contributed by atoms with van der Waals surface area (Å²) in [5.74, 6) is -1.96. The van der Waals surface area contributed by atoms with Gasteiger partial charge in [0.15, 0.2) is 0 Å². The Morgan fingerprint density at radius 3 is 2.81 bits per heavy atom. The number of ether oxygens (including phenoxy) is 1. The van der Waals surface area contributed by atoms with Gasteiger partial charge in [-0.25, -0.2) is 0 Å². The van der Waals surface area contributed by atoms with Crippen molar-refractivity contribution >= 4 is 35.2 Å². The number of fused-ring (bicyclic) bond motifs is 1. The Labute approximate surface area is 163 Å². The first-order valence-corrected chi connectivity index (χ1v) is 9.92. The number of carboxylic acids is 1. The molecule has 0 radical (unpaired) electrons. The normalized spacial score (nSPS) is 17.0. The summed E-state index contributed by atoms with van der Waals surface area (Å²) in [4.78, 5) is 38.5. The second kappa shape index (κ2) is 9.75. The molecule has 1 aliphatic rings. The van der Waals surface area contributed by atoms with Crippen LogP contribution in [0.25, 0.3) is 0 Å². The molecule has 2 N–H and O–H groups in total. The van der Waals surface area contributed by atoms with Crippen LogP contribution in [0.5, 0.6) is 0 Å². The van der Waals surface area contributed by atoms with E-state index >= 15 is 0 Å². The fourth-order valence-corrected chi connectivity index (χ4v) is 3.64. The highest BCUT2D eigenvalue weighted by molar-refractivity contribution is 8.00. The third-order valence-corrected chi connectivity index (χ3v) is 5.46. The summed E-state index contributed by atoms with van der Waals surface area (Å²) in [6.45, 7) is 6.94. The fraction of sp³-hybridized carbons (Fsp3) is 0.526. The Kier molecular flexibility index (Phi) is 7.67. The third kappa shape index (κ3) is 5.71. The summed E-state index contributed by atoms with van der Waals surface area (Å²) in [6.07, 6.45) is 0.626. The molecule has 7 nitrogen and oxygen atoms in total. The predicted molar refractivity (Wildman–Crippen MR) is 104 cm³/mol. The van der Waals surface area contributed by atoms with E-state index in [1.807, 2.05) is 19.9 Å². The lowest BCUT2D eigenvalue weighted by molar-refractivity contribution is -0.141. The molecule has 2 unspecified atom stereocenters. The SMILES string of the molecule is CCOCCCN(CC(C)C(=O)O)C(=O)c1ccc2c(c1)NC(=O)C(C)S2. The average Bonchev–Trinajstić information content (AvgIpc) is 2.64. The lowest BCUT2D eigenvalue weighted by Crippen LogP contribution is -2.38. The maximum Gasteiger partial charge on any atom is 0.308 e. The molecule has 2 rings (SSSR count).